The third-order valence-corrected chi connectivity index (χ3v) is 1.43. The minimum atomic E-state index is -0.304. The summed E-state index contributed by atoms with van der Waals surface area (Å²) in [5.41, 5.74) is 5.04. The fourth-order valence-corrected chi connectivity index (χ4v) is 0.774. The summed E-state index contributed by atoms with van der Waals surface area (Å²) in [5, 5.41) is 5.40. The monoisotopic (exact) mass is 202 g/mol. The molecule has 0 heterocycles. The van der Waals surface area contributed by atoms with Crippen LogP contribution in [0.25, 0.3) is 0 Å². The lowest BCUT2D eigenvalue weighted by Gasteiger charge is -2.01. The van der Waals surface area contributed by atoms with Gasteiger partial charge in [0.1, 0.15) is 0 Å². The summed E-state index contributed by atoms with van der Waals surface area (Å²) in [6.45, 7) is 2.66. The van der Waals surface area contributed by atoms with E-state index in [2.05, 4.69) is 6.92 Å². The number of esters is 1. The van der Waals surface area contributed by atoms with Crippen molar-refractivity contribution >= 4 is 12.0 Å². The van der Waals surface area contributed by atoms with Crippen molar-refractivity contribution in [2.75, 3.05) is 13.2 Å². The minimum Gasteiger partial charge on any atom is -0.465 e. The van der Waals surface area contributed by atoms with Gasteiger partial charge in [-0.25, -0.2) is 10.2 Å². The molecule has 0 bridgehead atoms. The molecule has 0 fully saturated rings. The molecule has 5 nitrogen and oxygen atoms in total. The molecule has 82 valence electrons. The first-order valence-corrected chi connectivity index (χ1v) is 4.62. The standard InChI is InChI=1S/C8H17NO2.CHNO/c1-2-3-4-5-6-11-8(10)7-9;2-1-3/h2-7,9H2,1H3;2H. The number of nitrogens with one attached hydrogen (secondary N) is 1. The number of ether oxygens (including phenoxy) is 1. The molecular formula is C9H18N2O3. The molecule has 5 heteroatoms. The van der Waals surface area contributed by atoms with Gasteiger partial charge < -0.3 is 10.5 Å². The van der Waals surface area contributed by atoms with Gasteiger partial charge in [-0.1, -0.05) is 26.2 Å². The van der Waals surface area contributed by atoms with E-state index in [4.69, 9.17) is 20.7 Å². The van der Waals surface area contributed by atoms with Crippen LogP contribution in [-0.4, -0.2) is 25.2 Å². The number of hydrogen-bond acceptors (Lipinski definition) is 5. The van der Waals surface area contributed by atoms with Crippen molar-refractivity contribution in [1.29, 1.82) is 5.41 Å². The van der Waals surface area contributed by atoms with Crippen molar-refractivity contribution < 1.29 is 14.3 Å². The molecular weight excluding hydrogens is 184 g/mol. The van der Waals surface area contributed by atoms with E-state index >= 15 is 0 Å². The fourth-order valence-electron chi connectivity index (χ4n) is 0.774. The van der Waals surface area contributed by atoms with Crippen LogP contribution in [0.1, 0.15) is 32.6 Å². The van der Waals surface area contributed by atoms with Crippen LogP contribution in [0.5, 0.6) is 0 Å². The number of nitrogens with two attached hydrogens (primary N) is 1. The quantitative estimate of drug-likeness (QED) is 0.290. The number of carbonyl (C=O) groups is 1. The lowest BCUT2D eigenvalue weighted by Crippen LogP contribution is -2.17. The molecule has 0 unspecified atom stereocenters. The maximum Gasteiger partial charge on any atom is 0.319 e. The van der Waals surface area contributed by atoms with E-state index in [1.54, 1.807) is 0 Å². The molecule has 0 rings (SSSR count). The second-order valence-electron chi connectivity index (χ2n) is 2.59. The third-order valence-electron chi connectivity index (χ3n) is 1.43. The van der Waals surface area contributed by atoms with Gasteiger partial charge >= 0.3 is 5.97 Å². The van der Waals surface area contributed by atoms with E-state index in [1.165, 1.54) is 12.8 Å². The van der Waals surface area contributed by atoms with Crippen LogP contribution in [-0.2, 0) is 14.3 Å². The lowest BCUT2D eigenvalue weighted by atomic mass is 10.2. The second kappa shape index (κ2) is 14.3. The highest BCUT2D eigenvalue weighted by Gasteiger charge is 1.96. The van der Waals surface area contributed by atoms with Crippen molar-refractivity contribution in [2.24, 2.45) is 5.73 Å². The average Bonchev–Trinajstić information content (AvgIpc) is 2.18. The van der Waals surface area contributed by atoms with Crippen molar-refractivity contribution in [2.45, 2.75) is 32.6 Å². The number of carbonyl (C=O) groups excluding carboxylic acids is 2. The zero-order valence-corrected chi connectivity index (χ0v) is 8.54. The molecule has 0 aromatic carbocycles. The fraction of sp³-hybridized carbons (Fsp3) is 0.778. The van der Waals surface area contributed by atoms with E-state index in [0.717, 1.165) is 18.9 Å². The summed E-state index contributed by atoms with van der Waals surface area (Å²) in [5.74, 6) is -0.304. The second-order valence-corrected chi connectivity index (χ2v) is 2.59. The highest BCUT2D eigenvalue weighted by atomic mass is 16.5. The molecule has 0 spiro atoms. The molecule has 3 N–H and O–H groups in total. The van der Waals surface area contributed by atoms with E-state index in [9.17, 15) is 4.79 Å². The Balaban J connectivity index is 0. The molecule has 0 saturated carbocycles. The summed E-state index contributed by atoms with van der Waals surface area (Å²) in [7, 11) is 0. The predicted octanol–water partition coefficient (Wildman–Crippen LogP) is 0.970. The summed E-state index contributed by atoms with van der Waals surface area (Å²) in [6.07, 6.45) is 5.25. The molecule has 0 aliphatic rings. The summed E-state index contributed by atoms with van der Waals surface area (Å²) >= 11 is 0. The van der Waals surface area contributed by atoms with Crippen LogP contribution in [0.3, 0.4) is 0 Å². The van der Waals surface area contributed by atoms with Crippen LogP contribution in [0.4, 0.5) is 0 Å². The number of hydrogen-bond donors (Lipinski definition) is 2. The minimum absolute atomic E-state index is 0.00617. The molecule has 0 aromatic rings. The Bertz CT molecular complexity index is 165. The van der Waals surface area contributed by atoms with Gasteiger partial charge in [0, 0.05) is 0 Å². The largest absolute Gasteiger partial charge is 0.465 e. The molecule has 0 aromatic heterocycles. The zero-order chi connectivity index (χ0) is 11.2. The maximum absolute atomic E-state index is 10.5. The van der Waals surface area contributed by atoms with E-state index in [0.29, 0.717) is 6.61 Å². The summed E-state index contributed by atoms with van der Waals surface area (Å²) in [4.78, 5) is 18.8. The van der Waals surface area contributed by atoms with E-state index < -0.39 is 0 Å². The van der Waals surface area contributed by atoms with Crippen molar-refractivity contribution in [3.8, 4) is 0 Å². The molecule has 0 aliphatic carbocycles. The van der Waals surface area contributed by atoms with Gasteiger partial charge in [-0.15, -0.1) is 0 Å². The Labute approximate surface area is 84.1 Å². The number of rotatable bonds is 6. The van der Waals surface area contributed by atoms with Crippen molar-refractivity contribution in [1.82, 2.24) is 0 Å². The first-order valence-electron chi connectivity index (χ1n) is 4.62. The number of isocyanates is 1. The Hall–Kier alpha value is -1.19. The van der Waals surface area contributed by atoms with E-state index in [1.807, 2.05) is 0 Å². The molecule has 14 heavy (non-hydrogen) atoms. The third kappa shape index (κ3) is 17.1. The van der Waals surface area contributed by atoms with Gasteiger partial charge in [-0.05, 0) is 6.42 Å². The van der Waals surface area contributed by atoms with Crippen molar-refractivity contribution in [3.05, 3.63) is 0 Å². The Morgan fingerprint density at radius 3 is 2.43 bits per heavy atom. The maximum atomic E-state index is 10.5. The number of unbranched alkanes of at least 4 members (excludes halogenated alkanes) is 3. The summed E-state index contributed by atoms with van der Waals surface area (Å²) < 4.78 is 4.77. The molecule has 0 atom stereocenters. The van der Waals surface area contributed by atoms with Gasteiger partial charge in [0.25, 0.3) is 0 Å². The van der Waals surface area contributed by atoms with Crippen molar-refractivity contribution in [3.63, 3.8) is 0 Å². The highest BCUT2D eigenvalue weighted by molar-refractivity contribution is 5.71. The van der Waals surface area contributed by atoms with Crippen LogP contribution >= 0.6 is 0 Å². The van der Waals surface area contributed by atoms with E-state index in [-0.39, 0.29) is 12.5 Å². The SMILES string of the molecule is CCCCCCOC(=O)CN.N=C=O. The molecule has 0 radical (unpaired) electrons. The normalized spacial score (nSPS) is 8.14. The first-order chi connectivity index (χ1) is 6.72. The van der Waals surface area contributed by atoms with Crippen LogP contribution < -0.4 is 5.73 Å². The van der Waals surface area contributed by atoms with Crippen LogP contribution in [0, 0.1) is 5.41 Å². The molecule has 0 aliphatic heterocycles. The van der Waals surface area contributed by atoms with Crippen LogP contribution in [0.15, 0.2) is 0 Å². The zero-order valence-electron chi connectivity index (χ0n) is 8.54. The van der Waals surface area contributed by atoms with Gasteiger partial charge in [-0.3, -0.25) is 4.79 Å². The lowest BCUT2D eigenvalue weighted by molar-refractivity contribution is -0.142. The average molecular weight is 202 g/mol. The Kier molecular flexibility index (Phi) is 15.7. The first kappa shape index (κ1) is 15.3. The smallest absolute Gasteiger partial charge is 0.319 e. The Morgan fingerprint density at radius 2 is 2.00 bits per heavy atom. The van der Waals surface area contributed by atoms with Gasteiger partial charge in [-0.2, -0.15) is 0 Å². The Morgan fingerprint density at radius 1 is 1.43 bits per heavy atom. The van der Waals surface area contributed by atoms with Gasteiger partial charge in [0.2, 0.25) is 6.08 Å². The predicted molar refractivity (Wildman–Crippen MR) is 52.6 cm³/mol. The highest BCUT2D eigenvalue weighted by Crippen LogP contribution is 1.98. The molecule has 0 saturated heterocycles. The van der Waals surface area contributed by atoms with Gasteiger partial charge in [0.15, 0.2) is 0 Å². The van der Waals surface area contributed by atoms with Gasteiger partial charge in [0.05, 0.1) is 13.2 Å². The molecule has 0 amide bonds. The van der Waals surface area contributed by atoms with Crippen LogP contribution in [0.2, 0.25) is 0 Å². The summed E-state index contributed by atoms with van der Waals surface area (Å²) in [6, 6.07) is 0. The topological polar surface area (TPSA) is 93.2 Å².